The number of anilines is 1. The normalized spacial score (nSPS) is 10.3. The summed E-state index contributed by atoms with van der Waals surface area (Å²) in [5.74, 6) is -0.132. The number of carbonyl (C=O) groups is 1. The number of rotatable bonds is 6. The van der Waals surface area contributed by atoms with Crippen LogP contribution in [0.2, 0.25) is 0 Å². The van der Waals surface area contributed by atoms with Gasteiger partial charge in [0, 0.05) is 16.7 Å². The van der Waals surface area contributed by atoms with Crippen molar-refractivity contribution in [3.8, 4) is 5.75 Å². The molecule has 0 aliphatic carbocycles. The van der Waals surface area contributed by atoms with Gasteiger partial charge in [0.05, 0.1) is 5.56 Å². The highest BCUT2D eigenvalue weighted by atomic mass is 79.9. The molecule has 5 heteroatoms. The average molecular weight is 364 g/mol. The van der Waals surface area contributed by atoms with E-state index in [-0.39, 0.29) is 5.56 Å². The first-order chi connectivity index (χ1) is 10.5. The van der Waals surface area contributed by atoms with Gasteiger partial charge in [-0.1, -0.05) is 22.0 Å². The lowest BCUT2D eigenvalue weighted by molar-refractivity contribution is 0.0698. The topological polar surface area (TPSA) is 58.6 Å². The van der Waals surface area contributed by atoms with Gasteiger partial charge in [-0.05, 0) is 55.3 Å². The number of aryl methyl sites for hydroxylation is 2. The van der Waals surface area contributed by atoms with E-state index in [0.29, 0.717) is 18.8 Å². The third-order valence-corrected chi connectivity index (χ3v) is 3.59. The number of ether oxygens (including phenoxy) is 1. The van der Waals surface area contributed by atoms with E-state index in [1.165, 1.54) is 0 Å². The molecule has 2 N–H and O–H groups in total. The van der Waals surface area contributed by atoms with Crippen LogP contribution >= 0.6 is 15.9 Å². The van der Waals surface area contributed by atoms with Crippen molar-refractivity contribution < 1.29 is 14.6 Å². The maximum Gasteiger partial charge on any atom is 0.337 e. The molecule has 0 radical (unpaired) electrons. The van der Waals surface area contributed by atoms with Crippen LogP contribution in [0.4, 0.5) is 5.69 Å². The summed E-state index contributed by atoms with van der Waals surface area (Å²) in [5.41, 5.74) is 3.13. The van der Waals surface area contributed by atoms with Crippen LogP contribution in [-0.4, -0.2) is 24.2 Å². The molecule has 2 aromatic rings. The maximum atomic E-state index is 11.2. The summed E-state index contributed by atoms with van der Waals surface area (Å²) < 4.78 is 6.43. The zero-order valence-electron chi connectivity index (χ0n) is 12.5. The molecule has 0 aliphatic rings. The van der Waals surface area contributed by atoms with E-state index in [1.807, 2.05) is 26.0 Å². The van der Waals surface area contributed by atoms with Crippen molar-refractivity contribution in [1.29, 1.82) is 0 Å². The van der Waals surface area contributed by atoms with E-state index in [0.717, 1.165) is 21.3 Å². The molecule has 0 spiro atoms. The van der Waals surface area contributed by atoms with Crippen molar-refractivity contribution in [2.24, 2.45) is 0 Å². The van der Waals surface area contributed by atoms with Crippen LogP contribution in [0.3, 0.4) is 0 Å². The Balaban J connectivity index is 1.93. The molecule has 2 aromatic carbocycles. The molecule has 0 fully saturated rings. The van der Waals surface area contributed by atoms with Crippen molar-refractivity contribution in [3.05, 3.63) is 57.6 Å². The van der Waals surface area contributed by atoms with Gasteiger partial charge in [-0.25, -0.2) is 4.79 Å². The molecular weight excluding hydrogens is 346 g/mol. The minimum absolute atomic E-state index is 0.237. The second kappa shape index (κ2) is 7.31. The summed E-state index contributed by atoms with van der Waals surface area (Å²) in [6.07, 6.45) is 0. The smallest absolute Gasteiger partial charge is 0.337 e. The van der Waals surface area contributed by atoms with Crippen molar-refractivity contribution in [2.75, 3.05) is 18.5 Å². The average Bonchev–Trinajstić information content (AvgIpc) is 2.43. The van der Waals surface area contributed by atoms with Gasteiger partial charge in [0.25, 0.3) is 0 Å². The summed E-state index contributed by atoms with van der Waals surface area (Å²) in [7, 11) is 0. The first-order valence-corrected chi connectivity index (χ1v) is 7.73. The van der Waals surface area contributed by atoms with Gasteiger partial charge in [0.15, 0.2) is 0 Å². The fraction of sp³-hybridized carbons (Fsp3) is 0.235. The Kier molecular flexibility index (Phi) is 5.44. The fourth-order valence-electron chi connectivity index (χ4n) is 2.22. The number of carboxylic acids is 1. The lowest BCUT2D eigenvalue weighted by atomic mass is 10.1. The molecule has 0 aliphatic heterocycles. The van der Waals surface area contributed by atoms with Crippen LogP contribution in [-0.2, 0) is 0 Å². The molecule has 0 aromatic heterocycles. The molecule has 0 bridgehead atoms. The van der Waals surface area contributed by atoms with Gasteiger partial charge in [-0.15, -0.1) is 0 Å². The van der Waals surface area contributed by atoms with E-state index < -0.39 is 5.97 Å². The first-order valence-electron chi connectivity index (χ1n) is 6.93. The van der Waals surface area contributed by atoms with E-state index >= 15 is 0 Å². The zero-order valence-corrected chi connectivity index (χ0v) is 14.1. The number of benzene rings is 2. The molecule has 0 saturated heterocycles. The predicted octanol–water partition coefficient (Wildman–Crippen LogP) is 4.26. The van der Waals surface area contributed by atoms with E-state index in [1.54, 1.807) is 18.2 Å². The summed E-state index contributed by atoms with van der Waals surface area (Å²) in [5, 5.41) is 12.3. The SMILES string of the molecule is Cc1cc(C)cc(OCCNc2ccc(Br)cc2C(=O)O)c1. The molecule has 22 heavy (non-hydrogen) atoms. The second-order valence-corrected chi connectivity index (χ2v) is 6.01. The van der Waals surface area contributed by atoms with Crippen LogP contribution in [0.15, 0.2) is 40.9 Å². The Morgan fingerprint density at radius 2 is 1.86 bits per heavy atom. The summed E-state index contributed by atoms with van der Waals surface area (Å²) >= 11 is 3.27. The van der Waals surface area contributed by atoms with Gasteiger partial charge < -0.3 is 15.2 Å². The number of nitrogens with one attached hydrogen (secondary N) is 1. The largest absolute Gasteiger partial charge is 0.492 e. The minimum atomic E-state index is -0.959. The quantitative estimate of drug-likeness (QED) is 0.753. The molecule has 0 heterocycles. The van der Waals surface area contributed by atoms with Gasteiger partial charge >= 0.3 is 5.97 Å². The third-order valence-electron chi connectivity index (χ3n) is 3.09. The number of hydrogen-bond donors (Lipinski definition) is 2. The Bertz CT molecular complexity index is 665. The lowest BCUT2D eigenvalue weighted by Gasteiger charge is -2.12. The summed E-state index contributed by atoms with van der Waals surface area (Å²) in [4.78, 5) is 11.2. The Morgan fingerprint density at radius 3 is 2.50 bits per heavy atom. The number of halogens is 1. The molecule has 0 atom stereocenters. The van der Waals surface area contributed by atoms with Crippen molar-refractivity contribution in [2.45, 2.75) is 13.8 Å². The number of hydrogen-bond acceptors (Lipinski definition) is 3. The molecule has 2 rings (SSSR count). The monoisotopic (exact) mass is 363 g/mol. The predicted molar refractivity (Wildman–Crippen MR) is 91.0 cm³/mol. The second-order valence-electron chi connectivity index (χ2n) is 5.09. The minimum Gasteiger partial charge on any atom is -0.492 e. The summed E-state index contributed by atoms with van der Waals surface area (Å²) in [6.45, 7) is 5.03. The highest BCUT2D eigenvalue weighted by Gasteiger charge is 2.10. The van der Waals surface area contributed by atoms with Crippen LogP contribution in [0.1, 0.15) is 21.5 Å². The Hall–Kier alpha value is -2.01. The molecule has 0 saturated carbocycles. The summed E-state index contributed by atoms with van der Waals surface area (Å²) in [6, 6.07) is 11.2. The van der Waals surface area contributed by atoms with Crippen molar-refractivity contribution in [1.82, 2.24) is 0 Å². The van der Waals surface area contributed by atoms with Crippen molar-refractivity contribution >= 4 is 27.6 Å². The van der Waals surface area contributed by atoms with Crippen LogP contribution in [0.5, 0.6) is 5.75 Å². The number of carboxylic acid groups (broad SMARTS) is 1. The van der Waals surface area contributed by atoms with Crippen LogP contribution < -0.4 is 10.1 Å². The van der Waals surface area contributed by atoms with E-state index in [2.05, 4.69) is 27.3 Å². The maximum absolute atomic E-state index is 11.2. The molecule has 0 unspecified atom stereocenters. The Morgan fingerprint density at radius 1 is 1.18 bits per heavy atom. The van der Waals surface area contributed by atoms with E-state index in [4.69, 9.17) is 4.74 Å². The molecule has 116 valence electrons. The van der Waals surface area contributed by atoms with Crippen LogP contribution in [0.25, 0.3) is 0 Å². The number of aromatic carboxylic acids is 1. The van der Waals surface area contributed by atoms with Gasteiger partial charge in [-0.2, -0.15) is 0 Å². The molecule has 0 amide bonds. The van der Waals surface area contributed by atoms with Gasteiger partial charge in [-0.3, -0.25) is 0 Å². The zero-order chi connectivity index (χ0) is 16.1. The fourth-order valence-corrected chi connectivity index (χ4v) is 2.58. The first kappa shape index (κ1) is 16.4. The van der Waals surface area contributed by atoms with Crippen LogP contribution in [0, 0.1) is 13.8 Å². The molecule has 4 nitrogen and oxygen atoms in total. The van der Waals surface area contributed by atoms with Gasteiger partial charge in [0.2, 0.25) is 0 Å². The van der Waals surface area contributed by atoms with Gasteiger partial charge in [0.1, 0.15) is 12.4 Å². The third kappa shape index (κ3) is 4.49. The highest BCUT2D eigenvalue weighted by molar-refractivity contribution is 9.10. The molecular formula is C17H18BrNO3. The standard InChI is InChI=1S/C17H18BrNO3/c1-11-7-12(2)9-14(8-11)22-6-5-19-16-4-3-13(18)10-15(16)17(20)21/h3-4,7-10,19H,5-6H2,1-2H3,(H,20,21). The lowest BCUT2D eigenvalue weighted by Crippen LogP contribution is -2.14. The highest BCUT2D eigenvalue weighted by Crippen LogP contribution is 2.21. The Labute approximate surface area is 138 Å². The van der Waals surface area contributed by atoms with E-state index in [9.17, 15) is 9.90 Å². The van der Waals surface area contributed by atoms with Crippen molar-refractivity contribution in [3.63, 3.8) is 0 Å².